The van der Waals surface area contributed by atoms with Crippen molar-refractivity contribution >= 4 is 33.2 Å². The first-order chi connectivity index (χ1) is 7.40. The lowest BCUT2D eigenvalue weighted by molar-refractivity contribution is 0.779. The average molecular weight is 236 g/mol. The van der Waals surface area contributed by atoms with Crippen molar-refractivity contribution in [1.29, 1.82) is 0 Å². The van der Waals surface area contributed by atoms with Crippen LogP contribution in [0.4, 0.5) is 0 Å². The summed E-state index contributed by atoms with van der Waals surface area (Å²) in [4.78, 5) is 0. The van der Waals surface area contributed by atoms with Crippen LogP contribution in [0.2, 0.25) is 0 Å². The van der Waals surface area contributed by atoms with Crippen molar-refractivity contribution in [1.82, 2.24) is 0 Å². The van der Waals surface area contributed by atoms with Gasteiger partial charge in [0.1, 0.15) is 0 Å². The molecular weight excluding hydrogens is 220 g/mol. The zero-order valence-electron chi connectivity index (χ0n) is 9.03. The van der Waals surface area contributed by atoms with E-state index in [1.165, 1.54) is 39.3 Å². The summed E-state index contributed by atoms with van der Waals surface area (Å²) in [5, 5.41) is 1.39. The summed E-state index contributed by atoms with van der Waals surface area (Å²) in [6, 6.07) is 10.9. The predicted octanol–water partition coefficient (Wildman–Crippen LogP) is 5.18. The fourth-order valence-corrected chi connectivity index (χ4v) is 3.86. The Bertz CT molecular complexity index is 384. The minimum atomic E-state index is 1.26. The number of thiophene rings is 1. The van der Waals surface area contributed by atoms with E-state index in [-0.39, 0.29) is 0 Å². The molecule has 0 aliphatic heterocycles. The normalized spacial score (nSPS) is 11.0. The second-order valence-corrected chi connectivity index (χ2v) is 6.14. The van der Waals surface area contributed by atoms with Gasteiger partial charge in [-0.15, -0.1) is 23.1 Å². The Labute approximate surface area is 99.7 Å². The van der Waals surface area contributed by atoms with Crippen LogP contribution < -0.4 is 0 Å². The lowest BCUT2D eigenvalue weighted by Gasteiger charge is -1.95. The molecule has 1 aromatic carbocycles. The highest BCUT2D eigenvalue weighted by Gasteiger charge is 2.00. The third-order valence-corrected chi connectivity index (χ3v) is 4.80. The fraction of sp³-hybridized carbons (Fsp3) is 0.385. The van der Waals surface area contributed by atoms with Gasteiger partial charge in [0.05, 0.1) is 4.21 Å². The lowest BCUT2D eigenvalue weighted by atomic mass is 10.3. The molecule has 0 saturated carbocycles. The Morgan fingerprint density at radius 3 is 2.87 bits per heavy atom. The lowest BCUT2D eigenvalue weighted by Crippen LogP contribution is -1.76. The Morgan fingerprint density at radius 1 is 1.20 bits per heavy atom. The molecule has 0 fully saturated rings. The maximum absolute atomic E-state index is 2.32. The molecule has 0 atom stereocenters. The van der Waals surface area contributed by atoms with E-state index < -0.39 is 0 Å². The summed E-state index contributed by atoms with van der Waals surface area (Å²) in [5.74, 6) is 1.26. The van der Waals surface area contributed by atoms with Gasteiger partial charge in [-0.25, -0.2) is 0 Å². The SMILES string of the molecule is CCCCCSc1cc2ccccc2s1. The minimum Gasteiger partial charge on any atom is -0.129 e. The van der Waals surface area contributed by atoms with Crippen molar-refractivity contribution in [3.05, 3.63) is 30.3 Å². The molecule has 0 aliphatic rings. The third-order valence-electron chi connectivity index (χ3n) is 2.40. The van der Waals surface area contributed by atoms with Crippen molar-refractivity contribution in [3.8, 4) is 0 Å². The van der Waals surface area contributed by atoms with E-state index in [0.717, 1.165) is 0 Å². The monoisotopic (exact) mass is 236 g/mol. The van der Waals surface area contributed by atoms with Crippen molar-refractivity contribution in [2.75, 3.05) is 5.75 Å². The van der Waals surface area contributed by atoms with E-state index in [2.05, 4.69) is 37.3 Å². The van der Waals surface area contributed by atoms with Gasteiger partial charge >= 0.3 is 0 Å². The summed E-state index contributed by atoms with van der Waals surface area (Å²) in [6.07, 6.45) is 4.01. The largest absolute Gasteiger partial charge is 0.129 e. The first-order valence-electron chi connectivity index (χ1n) is 5.51. The predicted molar refractivity (Wildman–Crippen MR) is 72.1 cm³/mol. The highest BCUT2D eigenvalue weighted by molar-refractivity contribution is 8.01. The summed E-state index contributed by atoms with van der Waals surface area (Å²) in [6.45, 7) is 2.25. The van der Waals surface area contributed by atoms with Crippen LogP contribution in [-0.2, 0) is 0 Å². The quantitative estimate of drug-likeness (QED) is 0.509. The van der Waals surface area contributed by atoms with Gasteiger partial charge in [-0.1, -0.05) is 38.0 Å². The van der Waals surface area contributed by atoms with Crippen LogP contribution in [0.5, 0.6) is 0 Å². The first-order valence-corrected chi connectivity index (χ1v) is 7.31. The molecule has 0 nitrogen and oxygen atoms in total. The van der Waals surface area contributed by atoms with Gasteiger partial charge in [0, 0.05) is 4.70 Å². The molecule has 2 rings (SSSR count). The van der Waals surface area contributed by atoms with Gasteiger partial charge in [0.15, 0.2) is 0 Å². The number of hydrogen-bond donors (Lipinski definition) is 0. The molecule has 1 heterocycles. The maximum atomic E-state index is 2.32. The molecule has 0 N–H and O–H groups in total. The molecule has 80 valence electrons. The highest BCUT2D eigenvalue weighted by Crippen LogP contribution is 2.33. The van der Waals surface area contributed by atoms with Crippen molar-refractivity contribution < 1.29 is 0 Å². The standard InChI is InChI=1S/C13H16S2/c1-2-3-6-9-14-13-10-11-7-4-5-8-12(11)15-13/h4-5,7-8,10H,2-3,6,9H2,1H3. The van der Waals surface area contributed by atoms with Crippen LogP contribution in [-0.4, -0.2) is 5.75 Å². The molecule has 0 spiro atoms. The number of fused-ring (bicyclic) bond motifs is 1. The summed E-state index contributed by atoms with van der Waals surface area (Å²) < 4.78 is 2.88. The highest BCUT2D eigenvalue weighted by atomic mass is 32.2. The van der Waals surface area contributed by atoms with E-state index in [0.29, 0.717) is 0 Å². The Balaban J connectivity index is 1.97. The molecule has 2 aromatic rings. The summed E-state index contributed by atoms with van der Waals surface area (Å²) in [7, 11) is 0. The van der Waals surface area contributed by atoms with E-state index in [1.807, 2.05) is 23.1 Å². The number of thioether (sulfide) groups is 1. The van der Waals surface area contributed by atoms with E-state index in [9.17, 15) is 0 Å². The van der Waals surface area contributed by atoms with Gasteiger partial charge in [-0.05, 0) is 29.7 Å². The number of unbranched alkanes of at least 4 members (excludes halogenated alkanes) is 2. The summed E-state index contributed by atoms with van der Waals surface area (Å²) >= 11 is 3.92. The van der Waals surface area contributed by atoms with Crippen molar-refractivity contribution in [2.24, 2.45) is 0 Å². The van der Waals surface area contributed by atoms with Crippen LogP contribution in [0.15, 0.2) is 34.5 Å². The Kier molecular flexibility index (Phi) is 4.09. The number of rotatable bonds is 5. The second kappa shape index (κ2) is 5.57. The zero-order chi connectivity index (χ0) is 10.5. The van der Waals surface area contributed by atoms with Crippen LogP contribution >= 0.6 is 23.1 Å². The maximum Gasteiger partial charge on any atom is 0.0611 e. The second-order valence-electron chi connectivity index (χ2n) is 3.66. The zero-order valence-corrected chi connectivity index (χ0v) is 10.7. The molecule has 15 heavy (non-hydrogen) atoms. The fourth-order valence-electron chi connectivity index (χ4n) is 1.55. The van der Waals surface area contributed by atoms with Crippen LogP contribution in [0.3, 0.4) is 0 Å². The molecule has 0 radical (unpaired) electrons. The summed E-state index contributed by atoms with van der Waals surface area (Å²) in [5.41, 5.74) is 0. The molecule has 0 unspecified atom stereocenters. The minimum absolute atomic E-state index is 1.26. The molecule has 0 bridgehead atoms. The third kappa shape index (κ3) is 2.99. The smallest absolute Gasteiger partial charge is 0.0611 e. The molecule has 0 saturated heterocycles. The van der Waals surface area contributed by atoms with Crippen LogP contribution in [0.1, 0.15) is 26.2 Å². The van der Waals surface area contributed by atoms with Gasteiger partial charge in [-0.3, -0.25) is 0 Å². The molecule has 1 aromatic heterocycles. The van der Waals surface area contributed by atoms with Crippen molar-refractivity contribution in [2.45, 2.75) is 30.4 Å². The topological polar surface area (TPSA) is 0 Å². The first kappa shape index (κ1) is 11.0. The molecule has 0 amide bonds. The molecular formula is C13H16S2. The Hall–Kier alpha value is -0.470. The number of hydrogen-bond acceptors (Lipinski definition) is 2. The van der Waals surface area contributed by atoms with Gasteiger partial charge in [0.25, 0.3) is 0 Å². The molecule has 0 aliphatic carbocycles. The Morgan fingerprint density at radius 2 is 2.07 bits per heavy atom. The average Bonchev–Trinajstić information content (AvgIpc) is 2.67. The van der Waals surface area contributed by atoms with Crippen molar-refractivity contribution in [3.63, 3.8) is 0 Å². The van der Waals surface area contributed by atoms with Gasteiger partial charge in [0.2, 0.25) is 0 Å². The van der Waals surface area contributed by atoms with Crippen LogP contribution in [0.25, 0.3) is 10.1 Å². The number of benzene rings is 1. The van der Waals surface area contributed by atoms with Gasteiger partial charge in [-0.2, -0.15) is 0 Å². The van der Waals surface area contributed by atoms with E-state index >= 15 is 0 Å². The van der Waals surface area contributed by atoms with E-state index in [1.54, 1.807) is 0 Å². The molecule has 2 heteroatoms. The van der Waals surface area contributed by atoms with Gasteiger partial charge < -0.3 is 0 Å². The van der Waals surface area contributed by atoms with Crippen LogP contribution in [0, 0.1) is 0 Å². The van der Waals surface area contributed by atoms with E-state index in [4.69, 9.17) is 0 Å².